The highest BCUT2D eigenvalue weighted by atomic mass is 32.1. The number of ether oxygens (including phenoxy) is 1. The summed E-state index contributed by atoms with van der Waals surface area (Å²) in [5.41, 5.74) is 3.31. The Morgan fingerprint density at radius 2 is 1.96 bits per heavy atom. The lowest BCUT2D eigenvalue weighted by Crippen LogP contribution is -2.33. The molecule has 2 aromatic rings. The predicted octanol–water partition coefficient (Wildman–Crippen LogP) is 4.63. The molecule has 0 aliphatic heterocycles. The fourth-order valence-corrected chi connectivity index (χ4v) is 4.17. The number of esters is 1. The Morgan fingerprint density at radius 1 is 1.20 bits per heavy atom. The number of hydrogen-bond donors (Lipinski definition) is 0. The summed E-state index contributed by atoms with van der Waals surface area (Å²) in [5, 5.41) is 1.98. The number of rotatable bonds is 5. The van der Waals surface area contributed by atoms with E-state index in [0.717, 1.165) is 22.4 Å². The van der Waals surface area contributed by atoms with Gasteiger partial charge in [-0.15, -0.1) is 11.3 Å². The van der Waals surface area contributed by atoms with Gasteiger partial charge < -0.3 is 4.74 Å². The van der Waals surface area contributed by atoms with Crippen molar-refractivity contribution in [2.45, 2.75) is 32.6 Å². The third kappa shape index (κ3) is 3.74. The molecular formula is C21H22O3S. The zero-order valence-corrected chi connectivity index (χ0v) is 15.3. The number of allylic oxidation sites excluding steroid dienone is 2. The number of benzene rings is 1. The first-order valence-electron chi connectivity index (χ1n) is 8.67. The van der Waals surface area contributed by atoms with Crippen molar-refractivity contribution < 1.29 is 14.3 Å². The Hall–Kier alpha value is -2.20. The molecule has 130 valence electrons. The summed E-state index contributed by atoms with van der Waals surface area (Å²) >= 11 is 1.59. The molecule has 1 aromatic carbocycles. The molecule has 0 saturated heterocycles. The number of hydrogen-bond acceptors (Lipinski definition) is 4. The summed E-state index contributed by atoms with van der Waals surface area (Å²) in [6, 6.07) is 12.3. The van der Waals surface area contributed by atoms with E-state index in [0.29, 0.717) is 6.42 Å². The van der Waals surface area contributed by atoms with Crippen LogP contribution in [0, 0.1) is 5.92 Å². The van der Waals surface area contributed by atoms with Gasteiger partial charge in [-0.2, -0.15) is 0 Å². The molecule has 3 nitrogen and oxygen atoms in total. The molecule has 0 bridgehead atoms. The van der Waals surface area contributed by atoms with E-state index in [2.05, 4.69) is 31.2 Å². The molecule has 2 atom stereocenters. The van der Waals surface area contributed by atoms with Crippen molar-refractivity contribution in [1.29, 1.82) is 0 Å². The van der Waals surface area contributed by atoms with Crippen molar-refractivity contribution in [3.05, 3.63) is 63.9 Å². The van der Waals surface area contributed by atoms with Gasteiger partial charge in [0.25, 0.3) is 0 Å². The Balaban J connectivity index is 1.96. The lowest BCUT2D eigenvalue weighted by atomic mass is 9.76. The van der Waals surface area contributed by atoms with E-state index in [9.17, 15) is 9.59 Å². The minimum atomic E-state index is -0.739. The van der Waals surface area contributed by atoms with E-state index in [4.69, 9.17) is 4.74 Å². The molecule has 25 heavy (non-hydrogen) atoms. The van der Waals surface area contributed by atoms with Crippen LogP contribution in [-0.4, -0.2) is 18.4 Å². The van der Waals surface area contributed by atoms with Crippen LogP contribution in [0.15, 0.2) is 47.9 Å². The summed E-state index contributed by atoms with van der Waals surface area (Å²) in [6.07, 6.45) is 3.29. The maximum atomic E-state index is 12.8. The number of thiophene rings is 1. The second-order valence-electron chi connectivity index (χ2n) is 6.18. The monoisotopic (exact) mass is 354 g/mol. The van der Waals surface area contributed by atoms with Gasteiger partial charge >= 0.3 is 5.97 Å². The van der Waals surface area contributed by atoms with Gasteiger partial charge in [0.05, 0.1) is 6.61 Å². The van der Waals surface area contributed by atoms with E-state index in [1.165, 1.54) is 5.56 Å². The Bertz CT molecular complexity index is 772. The predicted molar refractivity (Wildman–Crippen MR) is 101 cm³/mol. The van der Waals surface area contributed by atoms with Gasteiger partial charge in [0.1, 0.15) is 5.92 Å². The van der Waals surface area contributed by atoms with Crippen molar-refractivity contribution >= 4 is 28.7 Å². The van der Waals surface area contributed by atoms with Crippen LogP contribution in [0.3, 0.4) is 0 Å². The number of ketones is 1. The summed E-state index contributed by atoms with van der Waals surface area (Å²) in [7, 11) is 0. The maximum absolute atomic E-state index is 12.8. The fourth-order valence-electron chi connectivity index (χ4n) is 3.31. The molecule has 0 amide bonds. The lowest BCUT2D eigenvalue weighted by molar-refractivity contribution is -0.151. The third-order valence-electron chi connectivity index (χ3n) is 4.65. The molecular weight excluding hydrogens is 332 g/mol. The van der Waals surface area contributed by atoms with Crippen molar-refractivity contribution in [2.24, 2.45) is 5.92 Å². The van der Waals surface area contributed by atoms with Gasteiger partial charge in [-0.05, 0) is 54.0 Å². The van der Waals surface area contributed by atoms with Gasteiger partial charge in [0.15, 0.2) is 5.78 Å². The molecule has 0 saturated carbocycles. The molecule has 3 rings (SSSR count). The zero-order valence-electron chi connectivity index (χ0n) is 14.5. The number of carbonyl (C=O) groups is 2. The Kier molecular flexibility index (Phi) is 5.49. The SMILES string of the molecule is CCOC(=O)[C@@H]1C(=O)C=C(c2ccc(CC)cc2)C[C@@H]1c1cccs1. The smallest absolute Gasteiger partial charge is 0.317 e. The number of aryl methyl sites for hydroxylation is 1. The summed E-state index contributed by atoms with van der Waals surface area (Å²) in [5.74, 6) is -1.46. The first-order chi connectivity index (χ1) is 12.1. The van der Waals surface area contributed by atoms with Gasteiger partial charge in [0.2, 0.25) is 0 Å². The minimum Gasteiger partial charge on any atom is -0.465 e. The quantitative estimate of drug-likeness (QED) is 0.581. The Morgan fingerprint density at radius 3 is 2.56 bits per heavy atom. The standard InChI is InChI=1S/C21H22O3S/c1-3-14-7-9-15(10-8-14)16-12-17(19-6-5-11-25-19)20(18(22)13-16)21(23)24-4-2/h5-11,13,17,20H,3-4,12H2,1-2H3/t17-,20+/m1/s1. The van der Waals surface area contributed by atoms with Crippen LogP contribution in [0.5, 0.6) is 0 Å². The average molecular weight is 354 g/mol. The first-order valence-corrected chi connectivity index (χ1v) is 9.55. The van der Waals surface area contributed by atoms with E-state index in [1.807, 2.05) is 17.5 Å². The van der Waals surface area contributed by atoms with Crippen LogP contribution < -0.4 is 0 Å². The van der Waals surface area contributed by atoms with Crippen molar-refractivity contribution in [1.82, 2.24) is 0 Å². The van der Waals surface area contributed by atoms with Crippen LogP contribution in [0.4, 0.5) is 0 Å². The lowest BCUT2D eigenvalue weighted by Gasteiger charge is -2.28. The van der Waals surface area contributed by atoms with Crippen LogP contribution in [0.2, 0.25) is 0 Å². The highest BCUT2D eigenvalue weighted by Crippen LogP contribution is 2.41. The van der Waals surface area contributed by atoms with E-state index < -0.39 is 11.9 Å². The van der Waals surface area contributed by atoms with Crippen LogP contribution in [-0.2, 0) is 20.7 Å². The van der Waals surface area contributed by atoms with Crippen LogP contribution in [0.1, 0.15) is 42.2 Å². The highest BCUT2D eigenvalue weighted by Gasteiger charge is 2.40. The second-order valence-corrected chi connectivity index (χ2v) is 7.16. The molecule has 1 heterocycles. The topological polar surface area (TPSA) is 43.4 Å². The third-order valence-corrected chi connectivity index (χ3v) is 5.65. The fraction of sp³-hybridized carbons (Fsp3) is 0.333. The largest absolute Gasteiger partial charge is 0.465 e. The minimum absolute atomic E-state index is 0.155. The maximum Gasteiger partial charge on any atom is 0.317 e. The molecule has 4 heteroatoms. The molecule has 1 aliphatic carbocycles. The van der Waals surface area contributed by atoms with Crippen molar-refractivity contribution in [2.75, 3.05) is 6.61 Å². The van der Waals surface area contributed by atoms with Gasteiger partial charge in [-0.25, -0.2) is 0 Å². The van der Waals surface area contributed by atoms with Gasteiger partial charge in [-0.3, -0.25) is 9.59 Å². The molecule has 1 aliphatic rings. The summed E-state index contributed by atoms with van der Waals surface area (Å²) in [6.45, 7) is 4.17. The van der Waals surface area contributed by atoms with Crippen LogP contribution >= 0.6 is 11.3 Å². The molecule has 0 unspecified atom stereocenters. The summed E-state index contributed by atoms with van der Waals surface area (Å²) in [4.78, 5) is 26.2. The second kappa shape index (κ2) is 7.79. The first kappa shape index (κ1) is 17.6. The molecule has 0 radical (unpaired) electrons. The summed E-state index contributed by atoms with van der Waals surface area (Å²) < 4.78 is 5.17. The van der Waals surface area contributed by atoms with Gasteiger partial charge in [-0.1, -0.05) is 37.3 Å². The zero-order chi connectivity index (χ0) is 17.8. The van der Waals surface area contributed by atoms with Crippen LogP contribution in [0.25, 0.3) is 5.57 Å². The normalized spacial score (nSPS) is 20.2. The van der Waals surface area contributed by atoms with E-state index in [1.54, 1.807) is 24.3 Å². The average Bonchev–Trinajstić information content (AvgIpc) is 3.16. The molecule has 0 fully saturated rings. The molecule has 0 spiro atoms. The molecule has 0 N–H and O–H groups in total. The molecule has 1 aromatic heterocycles. The Labute approximate surface area is 152 Å². The highest BCUT2D eigenvalue weighted by molar-refractivity contribution is 7.10. The van der Waals surface area contributed by atoms with Crippen molar-refractivity contribution in [3.8, 4) is 0 Å². The van der Waals surface area contributed by atoms with Crippen molar-refractivity contribution in [3.63, 3.8) is 0 Å². The van der Waals surface area contributed by atoms with Gasteiger partial charge in [0, 0.05) is 10.8 Å². The van der Waals surface area contributed by atoms with E-state index >= 15 is 0 Å². The number of carbonyl (C=O) groups excluding carboxylic acids is 2. The van der Waals surface area contributed by atoms with E-state index in [-0.39, 0.29) is 18.3 Å².